The summed E-state index contributed by atoms with van der Waals surface area (Å²) >= 11 is 5.70. The Balaban J connectivity index is 2.12. The van der Waals surface area contributed by atoms with Crippen LogP contribution in [-0.2, 0) is 0 Å². The number of carbonyl (C=O) groups is 1. The highest BCUT2D eigenvalue weighted by Gasteiger charge is 2.15. The molecule has 2 aromatic carbocycles. The first-order chi connectivity index (χ1) is 11.0. The van der Waals surface area contributed by atoms with Crippen LogP contribution >= 0.6 is 11.6 Å². The summed E-state index contributed by atoms with van der Waals surface area (Å²) in [6, 6.07) is 10.9. The molecule has 7 nitrogen and oxygen atoms in total. The zero-order valence-electron chi connectivity index (χ0n) is 12.0. The first-order valence-electron chi connectivity index (χ1n) is 6.43. The lowest BCUT2D eigenvalue weighted by Crippen LogP contribution is -2.17. The summed E-state index contributed by atoms with van der Waals surface area (Å²) in [6.45, 7) is 0. The average Bonchev–Trinajstić information content (AvgIpc) is 2.55. The molecule has 23 heavy (non-hydrogen) atoms. The highest BCUT2D eigenvalue weighted by molar-refractivity contribution is 6.32. The maximum Gasteiger partial charge on any atom is 0.288 e. The van der Waals surface area contributed by atoms with E-state index in [0.29, 0.717) is 11.3 Å². The minimum atomic E-state index is -0.656. The topological polar surface area (TPSA) is 93.8 Å². The quantitative estimate of drug-likeness (QED) is 0.517. The van der Waals surface area contributed by atoms with Gasteiger partial charge in [0.2, 0.25) is 0 Å². The summed E-state index contributed by atoms with van der Waals surface area (Å²) in [6.07, 6.45) is 1.42. The lowest BCUT2D eigenvalue weighted by Gasteiger charge is -2.03. The number of nitro benzene ring substituents is 1. The predicted molar refractivity (Wildman–Crippen MR) is 86.2 cm³/mol. The number of hydrogen-bond acceptors (Lipinski definition) is 5. The van der Waals surface area contributed by atoms with Gasteiger partial charge in [-0.3, -0.25) is 14.9 Å². The standard InChI is InChI=1S/C15H12ClN3O4/c1-23-14-5-3-2-4-11(14)9-17-18-15(20)10-6-7-12(16)13(8-10)19(21)22/h2-9H,1H3,(H,18,20)/b17-9+. The number of amides is 1. The van der Waals surface area contributed by atoms with Gasteiger partial charge in [0, 0.05) is 17.2 Å². The van der Waals surface area contributed by atoms with Crippen molar-refractivity contribution >= 4 is 29.4 Å². The van der Waals surface area contributed by atoms with Gasteiger partial charge in [-0.15, -0.1) is 0 Å². The Hall–Kier alpha value is -2.93. The number of halogens is 1. The maximum atomic E-state index is 12.0. The number of nitrogens with one attached hydrogen (secondary N) is 1. The molecule has 0 fully saturated rings. The van der Waals surface area contributed by atoms with Crippen molar-refractivity contribution in [2.24, 2.45) is 5.10 Å². The van der Waals surface area contributed by atoms with Crippen molar-refractivity contribution < 1.29 is 14.5 Å². The Morgan fingerprint density at radius 1 is 1.35 bits per heavy atom. The van der Waals surface area contributed by atoms with Crippen molar-refractivity contribution in [1.82, 2.24) is 5.43 Å². The number of ether oxygens (including phenoxy) is 1. The van der Waals surface area contributed by atoms with Gasteiger partial charge in [0.05, 0.1) is 18.2 Å². The normalized spacial score (nSPS) is 10.5. The first-order valence-corrected chi connectivity index (χ1v) is 6.81. The molecular formula is C15H12ClN3O4. The smallest absolute Gasteiger partial charge is 0.288 e. The van der Waals surface area contributed by atoms with E-state index in [9.17, 15) is 14.9 Å². The van der Waals surface area contributed by atoms with Crippen LogP contribution in [0.25, 0.3) is 0 Å². The van der Waals surface area contributed by atoms with Crippen molar-refractivity contribution in [3.8, 4) is 5.75 Å². The summed E-state index contributed by atoms with van der Waals surface area (Å²) in [5.41, 5.74) is 2.71. The van der Waals surface area contributed by atoms with Crippen LogP contribution in [0.3, 0.4) is 0 Å². The number of hydrogen-bond donors (Lipinski definition) is 1. The van der Waals surface area contributed by atoms with E-state index >= 15 is 0 Å². The summed E-state index contributed by atoms with van der Waals surface area (Å²) in [5, 5.41) is 14.6. The Labute approximate surface area is 136 Å². The fraction of sp³-hybridized carbons (Fsp3) is 0.0667. The van der Waals surface area contributed by atoms with Crippen LogP contribution in [0.5, 0.6) is 5.75 Å². The second kappa shape index (κ2) is 7.37. The number of nitrogens with zero attached hydrogens (tertiary/aromatic N) is 2. The van der Waals surface area contributed by atoms with Crippen molar-refractivity contribution in [3.63, 3.8) is 0 Å². The van der Waals surface area contributed by atoms with E-state index < -0.39 is 10.8 Å². The van der Waals surface area contributed by atoms with Crippen LogP contribution in [0, 0.1) is 10.1 Å². The molecule has 0 aromatic heterocycles. The largest absolute Gasteiger partial charge is 0.496 e. The average molecular weight is 334 g/mol. The third-order valence-electron chi connectivity index (χ3n) is 2.91. The number of rotatable bonds is 5. The molecule has 0 heterocycles. The van der Waals surface area contributed by atoms with Crippen LogP contribution in [0.15, 0.2) is 47.6 Å². The monoisotopic (exact) mass is 333 g/mol. The molecule has 0 spiro atoms. The fourth-order valence-corrected chi connectivity index (χ4v) is 1.98. The number of carbonyl (C=O) groups excluding carboxylic acids is 1. The Morgan fingerprint density at radius 2 is 2.09 bits per heavy atom. The van der Waals surface area contributed by atoms with E-state index in [1.807, 2.05) is 6.07 Å². The van der Waals surface area contributed by atoms with Crippen molar-refractivity contribution in [2.75, 3.05) is 7.11 Å². The van der Waals surface area contributed by atoms with Crippen molar-refractivity contribution in [1.29, 1.82) is 0 Å². The summed E-state index contributed by atoms with van der Waals surface area (Å²) in [7, 11) is 1.53. The lowest BCUT2D eigenvalue weighted by molar-refractivity contribution is -0.384. The molecule has 118 valence electrons. The van der Waals surface area contributed by atoms with Crippen molar-refractivity contribution in [2.45, 2.75) is 0 Å². The zero-order valence-corrected chi connectivity index (χ0v) is 12.8. The van der Waals surface area contributed by atoms with E-state index in [4.69, 9.17) is 16.3 Å². The van der Waals surface area contributed by atoms with Crippen LogP contribution in [0.4, 0.5) is 5.69 Å². The van der Waals surface area contributed by atoms with Gasteiger partial charge in [-0.05, 0) is 24.3 Å². The molecule has 0 saturated heterocycles. The minimum Gasteiger partial charge on any atom is -0.496 e. The molecule has 0 aliphatic carbocycles. The zero-order chi connectivity index (χ0) is 16.8. The third-order valence-corrected chi connectivity index (χ3v) is 3.23. The maximum absolute atomic E-state index is 12.0. The second-order valence-electron chi connectivity index (χ2n) is 4.36. The molecule has 2 rings (SSSR count). The van der Waals surface area contributed by atoms with Crippen LogP contribution in [0.2, 0.25) is 5.02 Å². The van der Waals surface area contributed by atoms with Gasteiger partial charge in [0.1, 0.15) is 10.8 Å². The van der Waals surface area contributed by atoms with Gasteiger partial charge in [-0.2, -0.15) is 5.10 Å². The Bertz CT molecular complexity index is 777. The lowest BCUT2D eigenvalue weighted by atomic mass is 10.2. The fourth-order valence-electron chi connectivity index (χ4n) is 1.79. The first kappa shape index (κ1) is 16.4. The summed E-state index contributed by atoms with van der Waals surface area (Å²) in [4.78, 5) is 22.1. The molecule has 2 aromatic rings. The molecule has 0 unspecified atom stereocenters. The minimum absolute atomic E-state index is 0.0379. The number of hydrazone groups is 1. The van der Waals surface area contributed by atoms with E-state index in [0.717, 1.165) is 6.07 Å². The number of nitro groups is 1. The molecular weight excluding hydrogens is 322 g/mol. The SMILES string of the molecule is COc1ccccc1/C=N/NC(=O)c1ccc(Cl)c([N+](=O)[O-])c1. The van der Waals surface area contributed by atoms with E-state index in [1.165, 1.54) is 25.5 Å². The molecule has 0 atom stereocenters. The van der Waals surface area contributed by atoms with Gasteiger partial charge in [0.25, 0.3) is 11.6 Å². The molecule has 0 saturated carbocycles. The molecule has 1 N–H and O–H groups in total. The third kappa shape index (κ3) is 4.04. The van der Waals surface area contributed by atoms with Crippen LogP contribution in [0.1, 0.15) is 15.9 Å². The molecule has 0 aliphatic heterocycles. The van der Waals surface area contributed by atoms with Crippen molar-refractivity contribution in [3.05, 3.63) is 68.7 Å². The van der Waals surface area contributed by atoms with Crippen LogP contribution in [-0.4, -0.2) is 24.2 Å². The predicted octanol–water partition coefficient (Wildman–Crippen LogP) is 3.02. The second-order valence-corrected chi connectivity index (χ2v) is 4.77. The van der Waals surface area contributed by atoms with E-state index in [-0.39, 0.29) is 16.3 Å². The van der Waals surface area contributed by atoms with Gasteiger partial charge in [-0.1, -0.05) is 23.7 Å². The van der Waals surface area contributed by atoms with Crippen LogP contribution < -0.4 is 10.2 Å². The van der Waals surface area contributed by atoms with Gasteiger partial charge < -0.3 is 4.74 Å². The molecule has 0 aliphatic rings. The Kier molecular flexibility index (Phi) is 5.27. The molecule has 1 amide bonds. The van der Waals surface area contributed by atoms with E-state index in [2.05, 4.69) is 10.5 Å². The number of benzene rings is 2. The Morgan fingerprint density at radius 3 is 2.78 bits per heavy atom. The van der Waals surface area contributed by atoms with Gasteiger partial charge >= 0.3 is 0 Å². The highest BCUT2D eigenvalue weighted by Crippen LogP contribution is 2.25. The number of methoxy groups -OCH3 is 1. The highest BCUT2D eigenvalue weighted by atomic mass is 35.5. The van der Waals surface area contributed by atoms with E-state index in [1.54, 1.807) is 18.2 Å². The van der Waals surface area contributed by atoms with Gasteiger partial charge in [-0.25, -0.2) is 5.43 Å². The summed E-state index contributed by atoms with van der Waals surface area (Å²) in [5.74, 6) is 0.0172. The molecule has 8 heteroatoms. The van der Waals surface area contributed by atoms with Gasteiger partial charge in [0.15, 0.2) is 0 Å². The molecule has 0 radical (unpaired) electrons. The summed E-state index contributed by atoms with van der Waals surface area (Å²) < 4.78 is 5.15. The molecule has 0 bridgehead atoms. The number of para-hydroxylation sites is 1.